The summed E-state index contributed by atoms with van der Waals surface area (Å²) in [7, 11) is 0. The minimum Gasteiger partial charge on any atom is -0.352 e. The molecule has 2 heterocycles. The van der Waals surface area contributed by atoms with Crippen LogP contribution < -0.4 is 10.6 Å². The van der Waals surface area contributed by atoms with Gasteiger partial charge < -0.3 is 10.6 Å². The molecule has 0 aromatic heterocycles. The van der Waals surface area contributed by atoms with Crippen LogP contribution >= 0.6 is 11.8 Å². The Morgan fingerprint density at radius 2 is 1.66 bits per heavy atom. The summed E-state index contributed by atoms with van der Waals surface area (Å²) in [5.74, 6) is -0.270. The zero-order valence-electron chi connectivity index (χ0n) is 20.9. The van der Waals surface area contributed by atoms with Crippen LogP contribution in [0.3, 0.4) is 0 Å². The molecule has 8 nitrogen and oxygen atoms in total. The monoisotopic (exact) mass is 525 g/mol. The van der Waals surface area contributed by atoms with E-state index in [0.717, 1.165) is 17.5 Å². The molecule has 38 heavy (non-hydrogen) atoms. The van der Waals surface area contributed by atoms with Gasteiger partial charge in [0.15, 0.2) is 5.17 Å². The van der Waals surface area contributed by atoms with Gasteiger partial charge in [0, 0.05) is 17.8 Å². The standard InChI is InChI=1S/C29H27N5O3S/c1-2-19-12-14-21(15-13-19)31-26(36)18-38-29-33-23-11-7-6-10-22(23)27-32-24(28(37)34(27)29)16-25(35)30-17-20-8-4-3-5-9-20/h3-15,24H,2,16-18H2,1H3,(H,30,35)(H,31,36)/t24-/m1/s1. The number of hydrogen-bond donors (Lipinski definition) is 2. The molecule has 3 aromatic carbocycles. The minimum atomic E-state index is -0.858. The summed E-state index contributed by atoms with van der Waals surface area (Å²) < 4.78 is 0. The smallest absolute Gasteiger partial charge is 0.259 e. The number of benzene rings is 3. The largest absolute Gasteiger partial charge is 0.352 e. The third-order valence-electron chi connectivity index (χ3n) is 6.24. The van der Waals surface area contributed by atoms with Gasteiger partial charge in [0.05, 0.1) is 17.9 Å². The van der Waals surface area contributed by atoms with Gasteiger partial charge in [-0.3, -0.25) is 19.4 Å². The average molecular weight is 526 g/mol. The van der Waals surface area contributed by atoms with Gasteiger partial charge in [0.2, 0.25) is 11.8 Å². The van der Waals surface area contributed by atoms with Crippen molar-refractivity contribution in [1.82, 2.24) is 10.2 Å². The van der Waals surface area contributed by atoms with Crippen molar-refractivity contribution >= 4 is 51.9 Å². The average Bonchev–Trinajstić information content (AvgIpc) is 3.27. The first kappa shape index (κ1) is 25.4. The van der Waals surface area contributed by atoms with Crippen LogP contribution in [0, 0.1) is 0 Å². The van der Waals surface area contributed by atoms with Gasteiger partial charge in [-0.2, -0.15) is 0 Å². The lowest BCUT2D eigenvalue weighted by Crippen LogP contribution is -2.42. The van der Waals surface area contributed by atoms with E-state index in [-0.39, 0.29) is 29.9 Å². The Labute approximate surface area is 225 Å². The molecule has 2 aliphatic rings. The number of nitrogens with one attached hydrogen (secondary N) is 2. The SMILES string of the molecule is CCc1ccc(NC(=O)CSC2=Nc3ccccc3C3=N[C@H](CC(=O)NCc4ccccc4)C(=O)N23)cc1. The zero-order chi connectivity index (χ0) is 26.5. The van der Waals surface area contributed by atoms with Crippen LogP contribution in [0.5, 0.6) is 0 Å². The van der Waals surface area contributed by atoms with Crippen LogP contribution in [-0.4, -0.2) is 45.4 Å². The lowest BCUT2D eigenvalue weighted by atomic mass is 10.1. The molecule has 3 aromatic rings. The lowest BCUT2D eigenvalue weighted by Gasteiger charge is -2.25. The molecule has 0 spiro atoms. The van der Waals surface area contributed by atoms with Gasteiger partial charge in [0.1, 0.15) is 11.9 Å². The highest BCUT2D eigenvalue weighted by Gasteiger charge is 2.42. The van der Waals surface area contributed by atoms with Crippen molar-refractivity contribution in [1.29, 1.82) is 0 Å². The summed E-state index contributed by atoms with van der Waals surface area (Å²) in [6, 6.07) is 23.8. The van der Waals surface area contributed by atoms with Crippen LogP contribution in [-0.2, 0) is 27.3 Å². The number of amidine groups is 2. The normalized spacial score (nSPS) is 15.8. The summed E-state index contributed by atoms with van der Waals surface area (Å²) in [5.41, 5.74) is 4.27. The first-order valence-electron chi connectivity index (χ1n) is 12.4. The van der Waals surface area contributed by atoms with E-state index < -0.39 is 6.04 Å². The predicted molar refractivity (Wildman–Crippen MR) is 151 cm³/mol. The molecule has 0 fully saturated rings. The number of anilines is 1. The van der Waals surface area contributed by atoms with Crippen molar-refractivity contribution < 1.29 is 14.4 Å². The minimum absolute atomic E-state index is 0.0653. The second kappa shape index (κ2) is 11.4. The Morgan fingerprint density at radius 3 is 2.42 bits per heavy atom. The van der Waals surface area contributed by atoms with Gasteiger partial charge in [0.25, 0.3) is 5.91 Å². The maximum atomic E-state index is 13.4. The van der Waals surface area contributed by atoms with Crippen LogP contribution in [0.4, 0.5) is 11.4 Å². The van der Waals surface area contributed by atoms with Gasteiger partial charge in [-0.25, -0.2) is 9.89 Å². The summed E-state index contributed by atoms with van der Waals surface area (Å²) in [6.07, 6.45) is 0.856. The van der Waals surface area contributed by atoms with Gasteiger partial charge in [-0.15, -0.1) is 0 Å². The van der Waals surface area contributed by atoms with Crippen LogP contribution in [0.15, 0.2) is 88.8 Å². The maximum Gasteiger partial charge on any atom is 0.259 e. The maximum absolute atomic E-state index is 13.4. The van der Waals surface area contributed by atoms with Gasteiger partial charge in [-0.05, 0) is 41.8 Å². The fraction of sp³-hybridized carbons (Fsp3) is 0.207. The number of carbonyl (C=O) groups is 3. The highest BCUT2D eigenvalue weighted by Crippen LogP contribution is 2.34. The van der Waals surface area contributed by atoms with E-state index in [2.05, 4.69) is 27.5 Å². The molecule has 0 saturated heterocycles. The van der Waals surface area contributed by atoms with E-state index in [1.165, 1.54) is 22.2 Å². The Balaban J connectivity index is 1.27. The molecule has 9 heteroatoms. The van der Waals surface area contributed by atoms with Crippen LogP contribution in [0.1, 0.15) is 30.0 Å². The number of carbonyl (C=O) groups excluding carboxylic acids is 3. The number of hydrogen-bond acceptors (Lipinski definition) is 6. The molecule has 0 radical (unpaired) electrons. The van der Waals surface area contributed by atoms with E-state index in [9.17, 15) is 14.4 Å². The van der Waals surface area contributed by atoms with E-state index in [0.29, 0.717) is 28.9 Å². The molecular formula is C29H27N5O3S. The number of nitrogens with zero attached hydrogens (tertiary/aromatic N) is 3. The Morgan fingerprint density at radius 1 is 0.921 bits per heavy atom. The first-order valence-corrected chi connectivity index (χ1v) is 13.4. The summed E-state index contributed by atoms with van der Waals surface area (Å²) in [6.45, 7) is 2.45. The zero-order valence-corrected chi connectivity index (χ0v) is 21.7. The van der Waals surface area contributed by atoms with E-state index >= 15 is 0 Å². The molecule has 1 atom stereocenters. The summed E-state index contributed by atoms with van der Waals surface area (Å²) in [5, 5.41) is 6.12. The topological polar surface area (TPSA) is 103 Å². The predicted octanol–water partition coefficient (Wildman–Crippen LogP) is 4.29. The number of amides is 3. The number of rotatable bonds is 8. The fourth-order valence-electron chi connectivity index (χ4n) is 4.23. The van der Waals surface area contributed by atoms with Crippen molar-refractivity contribution in [2.75, 3.05) is 11.1 Å². The van der Waals surface area contributed by atoms with Crippen molar-refractivity contribution in [3.63, 3.8) is 0 Å². The number of fused-ring (bicyclic) bond motifs is 3. The first-order chi connectivity index (χ1) is 18.5. The molecule has 3 amide bonds. The molecule has 0 saturated carbocycles. The van der Waals surface area contributed by atoms with Gasteiger partial charge in [-0.1, -0.05) is 73.3 Å². The third kappa shape index (κ3) is 5.68. The molecular weight excluding hydrogens is 498 g/mol. The molecule has 2 N–H and O–H groups in total. The summed E-state index contributed by atoms with van der Waals surface area (Å²) in [4.78, 5) is 49.4. The second-order valence-electron chi connectivity index (χ2n) is 8.91. The van der Waals surface area contributed by atoms with E-state index in [4.69, 9.17) is 0 Å². The molecule has 2 aliphatic heterocycles. The number of aliphatic imine (C=N–C) groups is 2. The quantitative estimate of drug-likeness (QED) is 0.458. The van der Waals surface area contributed by atoms with E-state index in [1.807, 2.05) is 78.9 Å². The van der Waals surface area contributed by atoms with Gasteiger partial charge >= 0.3 is 0 Å². The lowest BCUT2D eigenvalue weighted by molar-refractivity contribution is -0.128. The highest BCUT2D eigenvalue weighted by molar-refractivity contribution is 8.14. The van der Waals surface area contributed by atoms with Crippen LogP contribution in [0.25, 0.3) is 0 Å². The molecule has 0 aliphatic carbocycles. The van der Waals surface area contributed by atoms with Crippen molar-refractivity contribution in [2.24, 2.45) is 9.98 Å². The van der Waals surface area contributed by atoms with Crippen molar-refractivity contribution in [2.45, 2.75) is 32.4 Å². The van der Waals surface area contributed by atoms with Crippen LogP contribution in [0.2, 0.25) is 0 Å². The molecule has 192 valence electrons. The Hall–Kier alpha value is -4.24. The number of thioether (sulfide) groups is 1. The fourth-order valence-corrected chi connectivity index (χ4v) is 5.03. The Kier molecular flexibility index (Phi) is 7.65. The number of aryl methyl sites for hydroxylation is 1. The molecule has 5 rings (SSSR count). The van der Waals surface area contributed by atoms with E-state index in [1.54, 1.807) is 0 Å². The molecule has 0 bridgehead atoms. The highest BCUT2D eigenvalue weighted by atomic mass is 32.2. The van der Waals surface area contributed by atoms with Crippen molar-refractivity contribution in [3.8, 4) is 0 Å². The van der Waals surface area contributed by atoms with Crippen molar-refractivity contribution in [3.05, 3.63) is 95.6 Å². The number of para-hydroxylation sites is 1. The second-order valence-corrected chi connectivity index (χ2v) is 9.85. The third-order valence-corrected chi connectivity index (χ3v) is 7.18. The Bertz CT molecular complexity index is 1420. The molecule has 0 unspecified atom stereocenters. The summed E-state index contributed by atoms with van der Waals surface area (Å²) >= 11 is 1.17.